The van der Waals surface area contributed by atoms with Crippen LogP contribution < -0.4 is 0 Å². The zero-order valence-electron chi connectivity index (χ0n) is 27.9. The number of halogens is 2. The Labute approximate surface area is 295 Å². The molecule has 5 rings (SSSR count). The molecule has 2 saturated heterocycles. The molecule has 17 heteroatoms. The van der Waals surface area contributed by atoms with E-state index in [0.29, 0.717) is 4.91 Å². The molecule has 0 aromatic heterocycles. The Morgan fingerprint density at radius 2 is 1.47 bits per heavy atom. The van der Waals surface area contributed by atoms with E-state index in [-0.39, 0.29) is 29.8 Å². The fourth-order valence-electron chi connectivity index (χ4n) is 6.28. The Bertz CT molecular complexity index is 1770. The number of ether oxygens (including phenoxy) is 4. The monoisotopic (exact) mass is 731 g/mol. The largest absolute Gasteiger partial charge is 0.424 e. The third kappa shape index (κ3) is 7.83. The first kappa shape index (κ1) is 37.2. The zero-order valence-corrected chi connectivity index (χ0v) is 28.8. The molecule has 3 aliphatic rings. The first-order chi connectivity index (χ1) is 24.2. The lowest BCUT2D eigenvalue weighted by Crippen LogP contribution is -2.63. The summed E-state index contributed by atoms with van der Waals surface area (Å²) in [6, 6.07) is 7.88. The fraction of sp³-hybridized carbons (Fsp3) is 0.412. The van der Waals surface area contributed by atoms with Gasteiger partial charge >= 0.3 is 24.0 Å². The van der Waals surface area contributed by atoms with Gasteiger partial charge in [-0.25, -0.2) is 28.0 Å². The van der Waals surface area contributed by atoms with Crippen molar-refractivity contribution in [2.75, 3.05) is 34.2 Å². The van der Waals surface area contributed by atoms with Gasteiger partial charge in [0, 0.05) is 36.7 Å². The highest BCUT2D eigenvalue weighted by atomic mass is 32.2. The van der Waals surface area contributed by atoms with Gasteiger partial charge in [-0.1, -0.05) is 19.1 Å². The number of esters is 3. The molecule has 14 nitrogen and oxygen atoms in total. The number of aliphatic hydroxyl groups is 1. The van der Waals surface area contributed by atoms with Gasteiger partial charge in [0.1, 0.15) is 23.4 Å². The summed E-state index contributed by atoms with van der Waals surface area (Å²) in [6.45, 7) is 1.53. The van der Waals surface area contributed by atoms with E-state index in [1.54, 1.807) is 6.92 Å². The number of hydrogen-bond donors (Lipinski definition) is 1. The van der Waals surface area contributed by atoms with Crippen molar-refractivity contribution in [1.82, 2.24) is 14.7 Å². The molecule has 0 radical (unpaired) electrons. The Hall–Kier alpha value is -5.03. The van der Waals surface area contributed by atoms with Crippen molar-refractivity contribution in [3.63, 3.8) is 0 Å². The summed E-state index contributed by atoms with van der Waals surface area (Å²) in [4.78, 5) is 81.7. The maximum Gasteiger partial charge on any atom is 0.413 e. The average molecular weight is 732 g/mol. The van der Waals surface area contributed by atoms with E-state index in [1.165, 1.54) is 60.0 Å². The number of benzene rings is 2. The molecule has 2 fully saturated rings. The van der Waals surface area contributed by atoms with Gasteiger partial charge in [-0.2, -0.15) is 0 Å². The normalized spacial score (nSPS) is 22.9. The molecule has 51 heavy (non-hydrogen) atoms. The summed E-state index contributed by atoms with van der Waals surface area (Å²) in [6.07, 6.45) is -1.88. The summed E-state index contributed by atoms with van der Waals surface area (Å²) in [5, 5.41) is 9.83. The smallest absolute Gasteiger partial charge is 0.413 e. The van der Waals surface area contributed by atoms with Gasteiger partial charge in [-0.3, -0.25) is 14.5 Å². The average Bonchev–Trinajstić information content (AvgIpc) is 3.61. The van der Waals surface area contributed by atoms with Gasteiger partial charge in [-0.05, 0) is 49.7 Å². The van der Waals surface area contributed by atoms with Crippen LogP contribution in [0.4, 0.5) is 13.6 Å². The van der Waals surface area contributed by atoms with Crippen LogP contribution in [-0.2, 0) is 33.3 Å². The number of thioether (sulfide) groups is 1. The molecule has 3 aliphatic heterocycles. The Kier molecular flexibility index (Phi) is 11.3. The Balaban J connectivity index is 1.30. The van der Waals surface area contributed by atoms with Gasteiger partial charge < -0.3 is 33.9 Å². The molecule has 0 spiro atoms. The number of likely N-dealkylation sites (N-methyl/N-ethyl adjacent to an activating group) is 1. The highest BCUT2D eigenvalue weighted by molar-refractivity contribution is 8.03. The van der Waals surface area contributed by atoms with Crippen molar-refractivity contribution in [2.45, 2.75) is 43.7 Å². The molecular formula is C34H35F2N3O11S. The van der Waals surface area contributed by atoms with E-state index in [0.717, 1.165) is 36.0 Å². The molecule has 1 N–H and O–H groups in total. The van der Waals surface area contributed by atoms with Crippen molar-refractivity contribution in [2.24, 2.45) is 11.8 Å². The van der Waals surface area contributed by atoms with Gasteiger partial charge in [0.25, 0.3) is 0 Å². The van der Waals surface area contributed by atoms with Crippen LogP contribution in [0.5, 0.6) is 0 Å². The van der Waals surface area contributed by atoms with Crippen molar-refractivity contribution < 1.29 is 61.6 Å². The lowest BCUT2D eigenvalue weighted by molar-refractivity contribution is -0.166. The number of nitrogens with zero attached hydrogens (tertiary/aromatic N) is 3. The van der Waals surface area contributed by atoms with Crippen LogP contribution in [0.3, 0.4) is 0 Å². The number of hydrogen-bond acceptors (Lipinski definition) is 12. The summed E-state index contributed by atoms with van der Waals surface area (Å²) in [7, 11) is 3.02. The van der Waals surface area contributed by atoms with Crippen LogP contribution >= 0.6 is 11.8 Å². The zero-order chi connectivity index (χ0) is 37.1. The molecule has 272 valence electrons. The molecule has 2 aromatic carbocycles. The van der Waals surface area contributed by atoms with Gasteiger partial charge in [0.2, 0.25) is 25.4 Å². The predicted molar refractivity (Wildman–Crippen MR) is 173 cm³/mol. The number of carbonyl (C=O) groups excluding carboxylic acids is 6. The van der Waals surface area contributed by atoms with Gasteiger partial charge in [0.05, 0.1) is 29.2 Å². The number of rotatable bonds is 11. The van der Waals surface area contributed by atoms with E-state index in [4.69, 9.17) is 18.9 Å². The first-order valence-corrected chi connectivity index (χ1v) is 16.7. The maximum absolute atomic E-state index is 13.5. The van der Waals surface area contributed by atoms with Gasteiger partial charge in [0.15, 0.2) is 0 Å². The second-order valence-corrected chi connectivity index (χ2v) is 13.6. The molecule has 0 bridgehead atoms. The molecule has 2 aromatic rings. The number of carbonyl (C=O) groups is 6. The number of aliphatic hydroxyl groups excluding tert-OH is 1. The van der Waals surface area contributed by atoms with E-state index >= 15 is 0 Å². The van der Waals surface area contributed by atoms with Crippen LogP contribution in [0.25, 0.3) is 0 Å². The lowest BCUT2D eigenvalue weighted by atomic mass is 9.79. The standard InChI is InChI=1S/C34H35F2N3O11S/c1-17-26-25(18(2)40)30(42)39(26)27(33(45)49-15-47-31(43)19-7-5-9-21(35)11-19)28(17)51-23-13-24(29(41)37(3)4)38(14-23)34(46)50-16-48-32(44)20-8-6-10-22(36)12-20/h5-12,17-18,23-26,40H,13-16H2,1-4H3/t17?,18-,23+,24+,25?,26?/m1/s1. The highest BCUT2D eigenvalue weighted by Gasteiger charge is 2.60. The molecular weight excluding hydrogens is 696 g/mol. The minimum absolute atomic E-state index is 0.0478. The Morgan fingerprint density at radius 1 is 0.922 bits per heavy atom. The molecule has 0 aliphatic carbocycles. The molecule has 0 saturated carbocycles. The second-order valence-electron chi connectivity index (χ2n) is 12.3. The van der Waals surface area contributed by atoms with Crippen LogP contribution in [0.2, 0.25) is 0 Å². The first-order valence-electron chi connectivity index (χ1n) is 15.8. The number of fused-ring (bicyclic) bond motifs is 1. The van der Waals surface area contributed by atoms with Crippen LogP contribution in [0.15, 0.2) is 59.1 Å². The summed E-state index contributed by atoms with van der Waals surface area (Å²) < 4.78 is 47.3. The van der Waals surface area contributed by atoms with Crippen molar-refractivity contribution >= 4 is 47.6 Å². The van der Waals surface area contributed by atoms with Crippen molar-refractivity contribution in [1.29, 1.82) is 0 Å². The van der Waals surface area contributed by atoms with Crippen molar-refractivity contribution in [3.05, 3.63) is 81.9 Å². The topological polar surface area (TPSA) is 169 Å². The van der Waals surface area contributed by atoms with E-state index < -0.39 is 96.3 Å². The van der Waals surface area contributed by atoms with E-state index in [2.05, 4.69) is 0 Å². The van der Waals surface area contributed by atoms with Crippen LogP contribution in [0, 0.1) is 23.5 Å². The molecule has 3 unspecified atom stereocenters. The molecule has 3 amide bonds. The summed E-state index contributed by atoms with van der Waals surface area (Å²) in [5.74, 6) is -6.41. The summed E-state index contributed by atoms with van der Waals surface area (Å²) in [5.41, 5.74) is -0.324. The third-order valence-corrected chi connectivity index (χ3v) is 10.2. The molecule has 6 atom stereocenters. The minimum Gasteiger partial charge on any atom is -0.424 e. The predicted octanol–water partition coefficient (Wildman–Crippen LogP) is 2.91. The second kappa shape index (κ2) is 15.5. The van der Waals surface area contributed by atoms with E-state index in [1.807, 2.05) is 0 Å². The minimum atomic E-state index is -1.02. The number of likely N-dealkylation sites (tertiary alicyclic amines) is 1. The van der Waals surface area contributed by atoms with Crippen LogP contribution in [-0.4, -0.2) is 113 Å². The number of β-lactam (4-membered cyclic amide) rings is 1. The summed E-state index contributed by atoms with van der Waals surface area (Å²) >= 11 is 1.16. The lowest BCUT2D eigenvalue weighted by Gasteiger charge is -2.46. The quantitative estimate of drug-likeness (QED) is 0.204. The Morgan fingerprint density at radius 3 is 2.00 bits per heavy atom. The number of amides is 3. The SMILES string of the molecule is CC1C(S[C@H]2C[C@@H](C(=O)N(C)C)N(C(=O)OCOC(=O)c3cccc(F)c3)C2)=C(C(=O)OCOC(=O)c2cccc(F)c2)N2C(=O)C([C@@H](C)O)C12. The molecule has 3 heterocycles. The van der Waals surface area contributed by atoms with Gasteiger partial charge in [-0.15, -0.1) is 11.8 Å². The van der Waals surface area contributed by atoms with E-state index in [9.17, 15) is 42.7 Å². The maximum atomic E-state index is 13.5. The van der Waals surface area contributed by atoms with Crippen molar-refractivity contribution in [3.8, 4) is 0 Å². The van der Waals surface area contributed by atoms with Crippen LogP contribution in [0.1, 0.15) is 41.0 Å². The highest BCUT2D eigenvalue weighted by Crippen LogP contribution is 2.52. The third-order valence-electron chi connectivity index (χ3n) is 8.69. The fourth-order valence-corrected chi connectivity index (χ4v) is 7.80.